The van der Waals surface area contributed by atoms with Crippen molar-refractivity contribution in [3.05, 3.63) is 47.5 Å². The first-order valence-electron chi connectivity index (χ1n) is 7.42. The zero-order valence-corrected chi connectivity index (χ0v) is 13.3. The van der Waals surface area contributed by atoms with Crippen molar-refractivity contribution in [3.63, 3.8) is 0 Å². The molecule has 1 atom stereocenters. The van der Waals surface area contributed by atoms with Crippen molar-refractivity contribution in [3.8, 4) is 0 Å². The molecule has 0 spiro atoms. The Labute approximate surface area is 135 Å². The SMILES string of the molecule is C/C=C/CC(NC(=O)CCc1cccc(C(=O)NC)c1)C(=O)O. The zero-order chi connectivity index (χ0) is 17.2. The van der Waals surface area contributed by atoms with E-state index in [0.717, 1.165) is 5.56 Å². The number of allylic oxidation sites excluding steroid dienone is 1. The summed E-state index contributed by atoms with van der Waals surface area (Å²) in [6.07, 6.45) is 4.30. The molecule has 1 rings (SSSR count). The number of aryl methyl sites for hydroxylation is 1. The molecule has 0 fully saturated rings. The van der Waals surface area contributed by atoms with Crippen LogP contribution in [0.2, 0.25) is 0 Å². The molecular formula is C17H22N2O4. The minimum atomic E-state index is -1.06. The summed E-state index contributed by atoms with van der Waals surface area (Å²) in [6, 6.07) is 6.08. The Kier molecular flexibility index (Phi) is 7.53. The number of aliphatic carboxylic acids is 1. The molecule has 1 aromatic carbocycles. The summed E-state index contributed by atoms with van der Waals surface area (Å²) in [4.78, 5) is 34.5. The number of carboxylic acids is 1. The number of benzene rings is 1. The molecule has 0 heterocycles. The molecule has 0 bridgehead atoms. The van der Waals surface area contributed by atoms with Gasteiger partial charge in [-0.1, -0.05) is 24.3 Å². The van der Waals surface area contributed by atoms with Gasteiger partial charge in [-0.25, -0.2) is 4.79 Å². The van der Waals surface area contributed by atoms with E-state index in [1.54, 1.807) is 44.3 Å². The molecule has 0 aliphatic heterocycles. The fraction of sp³-hybridized carbons (Fsp3) is 0.353. The van der Waals surface area contributed by atoms with Crippen molar-refractivity contribution in [2.24, 2.45) is 0 Å². The predicted octanol–water partition coefficient (Wildman–Crippen LogP) is 1.51. The smallest absolute Gasteiger partial charge is 0.326 e. The van der Waals surface area contributed by atoms with Crippen molar-refractivity contribution < 1.29 is 19.5 Å². The molecule has 6 nitrogen and oxygen atoms in total. The highest BCUT2D eigenvalue weighted by Crippen LogP contribution is 2.08. The van der Waals surface area contributed by atoms with Gasteiger partial charge < -0.3 is 15.7 Å². The first-order chi connectivity index (χ1) is 11.0. The molecule has 0 aromatic heterocycles. The van der Waals surface area contributed by atoms with Crippen LogP contribution in [0.1, 0.15) is 35.7 Å². The second-order valence-electron chi connectivity index (χ2n) is 5.04. The molecule has 0 aliphatic rings. The number of amides is 2. The second-order valence-corrected chi connectivity index (χ2v) is 5.04. The van der Waals surface area contributed by atoms with Crippen LogP contribution in [0, 0.1) is 0 Å². The van der Waals surface area contributed by atoms with E-state index in [9.17, 15) is 14.4 Å². The maximum absolute atomic E-state index is 11.9. The third-order valence-electron chi connectivity index (χ3n) is 3.30. The summed E-state index contributed by atoms with van der Waals surface area (Å²) in [7, 11) is 1.55. The molecule has 1 unspecified atom stereocenters. The van der Waals surface area contributed by atoms with Crippen LogP contribution < -0.4 is 10.6 Å². The third-order valence-corrected chi connectivity index (χ3v) is 3.30. The van der Waals surface area contributed by atoms with E-state index in [1.807, 2.05) is 6.07 Å². The molecule has 3 N–H and O–H groups in total. The Morgan fingerprint density at radius 3 is 2.65 bits per heavy atom. The maximum Gasteiger partial charge on any atom is 0.326 e. The number of nitrogens with one attached hydrogen (secondary N) is 2. The highest BCUT2D eigenvalue weighted by molar-refractivity contribution is 5.94. The number of carbonyl (C=O) groups is 3. The van der Waals surface area contributed by atoms with E-state index in [2.05, 4.69) is 10.6 Å². The van der Waals surface area contributed by atoms with Crippen molar-refractivity contribution in [1.29, 1.82) is 0 Å². The zero-order valence-electron chi connectivity index (χ0n) is 13.3. The lowest BCUT2D eigenvalue weighted by Gasteiger charge is -2.12. The summed E-state index contributed by atoms with van der Waals surface area (Å²) in [5, 5.41) is 14.1. The Bertz CT molecular complexity index is 596. The monoisotopic (exact) mass is 318 g/mol. The maximum atomic E-state index is 11.9. The minimum absolute atomic E-state index is 0.164. The molecule has 0 radical (unpaired) electrons. The van der Waals surface area contributed by atoms with E-state index in [4.69, 9.17) is 5.11 Å². The normalized spacial score (nSPS) is 11.9. The average Bonchev–Trinajstić information content (AvgIpc) is 2.56. The molecule has 2 amide bonds. The summed E-state index contributed by atoms with van der Waals surface area (Å²) in [6.45, 7) is 1.79. The van der Waals surface area contributed by atoms with Crippen molar-refractivity contribution >= 4 is 17.8 Å². The fourth-order valence-corrected chi connectivity index (χ4v) is 2.03. The van der Waals surface area contributed by atoms with Gasteiger partial charge in [-0.15, -0.1) is 0 Å². The molecule has 0 saturated carbocycles. The fourth-order valence-electron chi connectivity index (χ4n) is 2.03. The van der Waals surface area contributed by atoms with Crippen LogP contribution in [0.4, 0.5) is 0 Å². The molecule has 0 saturated heterocycles. The highest BCUT2D eigenvalue weighted by Gasteiger charge is 2.18. The van der Waals surface area contributed by atoms with Gasteiger partial charge in [-0.05, 0) is 37.5 Å². The molecule has 6 heteroatoms. The van der Waals surface area contributed by atoms with Gasteiger partial charge in [0.25, 0.3) is 5.91 Å². The van der Waals surface area contributed by atoms with Crippen molar-refractivity contribution in [2.75, 3.05) is 7.05 Å². The summed E-state index contributed by atoms with van der Waals surface area (Å²) in [5.74, 6) is -1.57. The Hall–Kier alpha value is -2.63. The minimum Gasteiger partial charge on any atom is -0.480 e. The molecule has 124 valence electrons. The lowest BCUT2D eigenvalue weighted by atomic mass is 10.1. The molecule has 1 aromatic rings. The first-order valence-corrected chi connectivity index (χ1v) is 7.42. The quantitative estimate of drug-likeness (QED) is 0.633. The van der Waals surface area contributed by atoms with Gasteiger partial charge in [-0.2, -0.15) is 0 Å². The number of rotatable bonds is 8. The molecule has 0 aliphatic carbocycles. The van der Waals surface area contributed by atoms with Gasteiger partial charge in [-0.3, -0.25) is 9.59 Å². The van der Waals surface area contributed by atoms with E-state index < -0.39 is 12.0 Å². The Morgan fingerprint density at radius 2 is 2.04 bits per heavy atom. The van der Waals surface area contributed by atoms with Crippen LogP contribution in [0.25, 0.3) is 0 Å². The standard InChI is InChI=1S/C17H22N2O4/c1-3-4-8-14(17(22)23)19-15(20)10-9-12-6-5-7-13(11-12)16(21)18-2/h3-7,11,14H,8-10H2,1-2H3,(H,18,21)(H,19,20)(H,22,23)/b4-3+. The number of hydrogen-bond acceptors (Lipinski definition) is 3. The summed E-state index contributed by atoms with van der Waals surface area (Å²) >= 11 is 0. The summed E-state index contributed by atoms with van der Waals surface area (Å²) < 4.78 is 0. The van der Waals surface area contributed by atoms with Crippen LogP contribution in [0.3, 0.4) is 0 Å². The predicted molar refractivity (Wildman–Crippen MR) is 87.2 cm³/mol. The van der Waals surface area contributed by atoms with Crippen LogP contribution in [-0.2, 0) is 16.0 Å². The van der Waals surface area contributed by atoms with E-state index >= 15 is 0 Å². The Balaban J connectivity index is 2.58. The van der Waals surface area contributed by atoms with Gasteiger partial charge in [0.1, 0.15) is 6.04 Å². The lowest BCUT2D eigenvalue weighted by molar-refractivity contribution is -0.141. The topological polar surface area (TPSA) is 95.5 Å². The van der Waals surface area contributed by atoms with Crippen LogP contribution in [0.15, 0.2) is 36.4 Å². The van der Waals surface area contributed by atoms with Crippen molar-refractivity contribution in [2.45, 2.75) is 32.2 Å². The Morgan fingerprint density at radius 1 is 1.30 bits per heavy atom. The molecule has 23 heavy (non-hydrogen) atoms. The van der Waals surface area contributed by atoms with Crippen LogP contribution >= 0.6 is 0 Å². The summed E-state index contributed by atoms with van der Waals surface area (Å²) in [5.41, 5.74) is 1.38. The number of carbonyl (C=O) groups excluding carboxylic acids is 2. The van der Waals surface area contributed by atoms with Gasteiger partial charge in [0, 0.05) is 19.0 Å². The number of hydrogen-bond donors (Lipinski definition) is 3. The van der Waals surface area contributed by atoms with Gasteiger partial charge in [0.2, 0.25) is 5.91 Å². The third kappa shape index (κ3) is 6.34. The van der Waals surface area contributed by atoms with Crippen LogP contribution in [0.5, 0.6) is 0 Å². The van der Waals surface area contributed by atoms with E-state index in [0.29, 0.717) is 12.0 Å². The first kappa shape index (κ1) is 18.4. The number of carboxylic acid groups (broad SMARTS) is 1. The van der Waals surface area contributed by atoms with Gasteiger partial charge in [0.05, 0.1) is 0 Å². The van der Waals surface area contributed by atoms with Gasteiger partial charge in [0.15, 0.2) is 0 Å². The molecular weight excluding hydrogens is 296 g/mol. The van der Waals surface area contributed by atoms with Gasteiger partial charge >= 0.3 is 5.97 Å². The second kappa shape index (κ2) is 9.40. The van der Waals surface area contributed by atoms with Crippen molar-refractivity contribution in [1.82, 2.24) is 10.6 Å². The van der Waals surface area contributed by atoms with Crippen LogP contribution in [-0.4, -0.2) is 36.0 Å². The highest BCUT2D eigenvalue weighted by atomic mass is 16.4. The van der Waals surface area contributed by atoms with E-state index in [-0.39, 0.29) is 24.7 Å². The average molecular weight is 318 g/mol. The van der Waals surface area contributed by atoms with E-state index in [1.165, 1.54) is 0 Å². The largest absolute Gasteiger partial charge is 0.480 e. The lowest BCUT2D eigenvalue weighted by Crippen LogP contribution is -2.40.